The van der Waals surface area contributed by atoms with Crippen LogP contribution < -0.4 is 5.32 Å². The Hall–Kier alpha value is -2.15. The van der Waals surface area contributed by atoms with E-state index in [1.165, 1.54) is 0 Å². The van der Waals surface area contributed by atoms with Crippen LogP contribution in [0, 0.1) is 0 Å². The number of nitrogens with one attached hydrogen (secondary N) is 1. The lowest BCUT2D eigenvalue weighted by atomic mass is 10.2. The Bertz CT molecular complexity index is 770. The summed E-state index contributed by atoms with van der Waals surface area (Å²) < 4.78 is 2.77. The van der Waals surface area contributed by atoms with Gasteiger partial charge in [0.05, 0.1) is 12.1 Å². The van der Waals surface area contributed by atoms with Crippen LogP contribution in [-0.4, -0.2) is 33.3 Å². The first-order chi connectivity index (χ1) is 11.1. The van der Waals surface area contributed by atoms with E-state index in [0.717, 1.165) is 40.7 Å². The minimum absolute atomic E-state index is 0.0970. The van der Waals surface area contributed by atoms with Crippen molar-refractivity contribution >= 4 is 27.8 Å². The monoisotopic (exact) mass is 377 g/mol. The van der Waals surface area contributed by atoms with Crippen LogP contribution in [0.5, 0.6) is 0 Å². The molecule has 1 aliphatic carbocycles. The van der Waals surface area contributed by atoms with E-state index in [0.29, 0.717) is 5.69 Å². The van der Waals surface area contributed by atoms with Crippen molar-refractivity contribution < 1.29 is 14.7 Å². The van der Waals surface area contributed by atoms with Gasteiger partial charge in [0.25, 0.3) is 5.91 Å². The number of aliphatic carboxylic acids is 1. The van der Waals surface area contributed by atoms with Gasteiger partial charge in [-0.3, -0.25) is 9.59 Å². The van der Waals surface area contributed by atoms with Gasteiger partial charge in [0.2, 0.25) is 0 Å². The Kier molecular flexibility index (Phi) is 4.47. The highest BCUT2D eigenvalue weighted by Crippen LogP contribution is 2.28. The second-order valence-corrected chi connectivity index (χ2v) is 6.33. The lowest BCUT2D eigenvalue weighted by molar-refractivity contribution is -0.136. The lowest BCUT2D eigenvalue weighted by Gasteiger charge is -2.06. The van der Waals surface area contributed by atoms with Crippen LogP contribution in [0.1, 0.15) is 34.6 Å². The van der Waals surface area contributed by atoms with E-state index in [1.54, 1.807) is 0 Å². The first-order valence-corrected chi connectivity index (χ1v) is 8.22. The van der Waals surface area contributed by atoms with Crippen molar-refractivity contribution in [3.05, 3.63) is 45.7 Å². The van der Waals surface area contributed by atoms with Crippen molar-refractivity contribution in [3.63, 3.8) is 0 Å². The molecule has 2 N–H and O–H groups in total. The number of halogens is 1. The fourth-order valence-corrected chi connectivity index (χ4v) is 3.20. The normalized spacial score (nSPS) is 12.9. The van der Waals surface area contributed by atoms with Crippen molar-refractivity contribution in [2.75, 3.05) is 6.54 Å². The molecule has 6 nitrogen and oxygen atoms in total. The van der Waals surface area contributed by atoms with Gasteiger partial charge in [-0.15, -0.1) is 0 Å². The number of hydrogen-bond donors (Lipinski definition) is 2. The lowest BCUT2D eigenvalue weighted by Crippen LogP contribution is -2.27. The maximum atomic E-state index is 12.3. The van der Waals surface area contributed by atoms with Crippen LogP contribution in [0.3, 0.4) is 0 Å². The summed E-state index contributed by atoms with van der Waals surface area (Å²) >= 11 is 3.45. The minimum atomic E-state index is -0.935. The van der Waals surface area contributed by atoms with Gasteiger partial charge >= 0.3 is 5.97 Å². The molecule has 0 aliphatic heterocycles. The number of hydrogen-bond acceptors (Lipinski definition) is 3. The molecular weight excluding hydrogens is 362 g/mol. The number of amides is 1. The maximum Gasteiger partial charge on any atom is 0.305 e. The van der Waals surface area contributed by atoms with Crippen LogP contribution in [-0.2, 0) is 17.6 Å². The number of benzene rings is 1. The summed E-state index contributed by atoms with van der Waals surface area (Å²) in [5, 5.41) is 15.8. The molecule has 120 valence electrons. The van der Waals surface area contributed by atoms with Gasteiger partial charge < -0.3 is 10.4 Å². The Balaban J connectivity index is 1.89. The summed E-state index contributed by atoms with van der Waals surface area (Å²) in [6.07, 6.45) is 2.61. The largest absolute Gasteiger partial charge is 0.481 e. The highest BCUT2D eigenvalue weighted by molar-refractivity contribution is 9.10. The third-order valence-electron chi connectivity index (χ3n) is 3.82. The van der Waals surface area contributed by atoms with Crippen LogP contribution in [0.4, 0.5) is 0 Å². The molecule has 1 amide bonds. The van der Waals surface area contributed by atoms with Gasteiger partial charge in [-0.05, 0) is 37.5 Å². The molecule has 1 aromatic carbocycles. The van der Waals surface area contributed by atoms with Gasteiger partial charge in [-0.1, -0.05) is 22.0 Å². The summed E-state index contributed by atoms with van der Waals surface area (Å²) in [5.41, 5.74) is 3.34. The molecule has 0 radical (unpaired) electrons. The molecule has 0 unspecified atom stereocenters. The number of fused-ring (bicyclic) bond motifs is 1. The van der Waals surface area contributed by atoms with Crippen molar-refractivity contribution in [2.45, 2.75) is 25.7 Å². The van der Waals surface area contributed by atoms with Crippen LogP contribution in [0.2, 0.25) is 0 Å². The number of carbonyl (C=O) groups excluding carboxylic acids is 1. The highest BCUT2D eigenvalue weighted by Gasteiger charge is 2.26. The minimum Gasteiger partial charge on any atom is -0.481 e. The predicted octanol–water partition coefficient (Wildman–Crippen LogP) is 2.33. The first kappa shape index (κ1) is 15.7. The summed E-state index contributed by atoms with van der Waals surface area (Å²) in [5.74, 6) is -1.24. The molecule has 23 heavy (non-hydrogen) atoms. The second-order valence-electron chi connectivity index (χ2n) is 5.42. The van der Waals surface area contributed by atoms with E-state index in [9.17, 15) is 9.59 Å². The topological polar surface area (TPSA) is 84.2 Å². The fourth-order valence-electron chi connectivity index (χ4n) is 2.81. The second kappa shape index (κ2) is 6.54. The quantitative estimate of drug-likeness (QED) is 0.837. The highest BCUT2D eigenvalue weighted by atomic mass is 79.9. The molecule has 0 bridgehead atoms. The predicted molar refractivity (Wildman–Crippen MR) is 87.9 cm³/mol. The third-order valence-corrected chi connectivity index (χ3v) is 4.32. The Morgan fingerprint density at radius 3 is 2.91 bits per heavy atom. The van der Waals surface area contributed by atoms with E-state index in [1.807, 2.05) is 28.9 Å². The van der Waals surface area contributed by atoms with Gasteiger partial charge in [0.1, 0.15) is 0 Å². The number of rotatable bonds is 5. The third kappa shape index (κ3) is 3.29. The van der Waals surface area contributed by atoms with Crippen molar-refractivity contribution in [2.24, 2.45) is 0 Å². The zero-order valence-electron chi connectivity index (χ0n) is 12.4. The van der Waals surface area contributed by atoms with Gasteiger partial charge in [-0.2, -0.15) is 5.10 Å². The first-order valence-electron chi connectivity index (χ1n) is 7.43. The molecule has 0 atom stereocenters. The Morgan fingerprint density at radius 2 is 2.17 bits per heavy atom. The molecule has 0 spiro atoms. The Labute approximate surface area is 141 Å². The van der Waals surface area contributed by atoms with Crippen LogP contribution in [0.25, 0.3) is 5.69 Å². The molecule has 0 saturated carbocycles. The van der Waals surface area contributed by atoms with Crippen molar-refractivity contribution in [1.29, 1.82) is 0 Å². The van der Waals surface area contributed by atoms with Gasteiger partial charge in [0, 0.05) is 22.3 Å². The van der Waals surface area contributed by atoms with Crippen LogP contribution >= 0.6 is 15.9 Å². The number of carboxylic acid groups (broad SMARTS) is 1. The van der Waals surface area contributed by atoms with E-state index >= 15 is 0 Å². The molecule has 1 aromatic heterocycles. The molecular formula is C16H16BrN3O3. The average Bonchev–Trinajstić information content (AvgIpc) is 3.08. The van der Waals surface area contributed by atoms with E-state index in [2.05, 4.69) is 26.3 Å². The molecule has 0 saturated heterocycles. The zero-order valence-corrected chi connectivity index (χ0v) is 14.0. The summed E-state index contributed by atoms with van der Waals surface area (Å²) in [7, 11) is 0. The number of nitrogens with zero attached hydrogens (tertiary/aromatic N) is 2. The van der Waals surface area contributed by atoms with E-state index < -0.39 is 5.97 Å². The standard InChI is InChI=1S/C16H16BrN3O3/c17-10-3-1-4-11(9-10)20-13-6-2-5-12(13)15(19-20)16(23)18-8-7-14(21)22/h1,3-4,9H,2,5-8H2,(H,18,23)(H,21,22). The number of carboxylic acids is 1. The van der Waals surface area contributed by atoms with Gasteiger partial charge in [-0.25, -0.2) is 4.68 Å². The molecule has 1 aliphatic rings. The van der Waals surface area contributed by atoms with E-state index in [4.69, 9.17) is 5.11 Å². The van der Waals surface area contributed by atoms with Crippen molar-refractivity contribution in [3.8, 4) is 5.69 Å². The molecule has 0 fully saturated rings. The molecule has 3 rings (SSSR count). The average molecular weight is 378 g/mol. The van der Waals surface area contributed by atoms with Crippen LogP contribution in [0.15, 0.2) is 28.7 Å². The van der Waals surface area contributed by atoms with Crippen molar-refractivity contribution in [1.82, 2.24) is 15.1 Å². The summed E-state index contributed by atoms with van der Waals surface area (Å²) in [6, 6.07) is 7.77. The molecule has 7 heteroatoms. The molecule has 1 heterocycles. The van der Waals surface area contributed by atoms with Gasteiger partial charge in [0.15, 0.2) is 5.69 Å². The molecule has 2 aromatic rings. The number of aromatic nitrogens is 2. The number of carbonyl (C=O) groups is 2. The summed E-state index contributed by atoms with van der Waals surface area (Å²) in [6.45, 7) is 0.104. The SMILES string of the molecule is O=C(O)CCNC(=O)c1nn(-c2cccc(Br)c2)c2c1CCC2. The fraction of sp³-hybridized carbons (Fsp3) is 0.312. The van der Waals surface area contributed by atoms with E-state index in [-0.39, 0.29) is 18.9 Å². The summed E-state index contributed by atoms with van der Waals surface area (Å²) in [4.78, 5) is 22.9. The smallest absolute Gasteiger partial charge is 0.305 e. The zero-order chi connectivity index (χ0) is 16.4. The Morgan fingerprint density at radius 1 is 1.35 bits per heavy atom. The maximum absolute atomic E-state index is 12.3.